The quantitative estimate of drug-likeness (QED) is 0.815. The molecule has 0 unspecified atom stereocenters. The van der Waals surface area contributed by atoms with E-state index in [0.717, 1.165) is 22.9 Å². The summed E-state index contributed by atoms with van der Waals surface area (Å²) in [6.45, 7) is 4.02. The van der Waals surface area contributed by atoms with E-state index in [1.807, 2.05) is 41.6 Å². The summed E-state index contributed by atoms with van der Waals surface area (Å²) < 4.78 is 7.34. The third-order valence-corrected chi connectivity index (χ3v) is 4.72. The van der Waals surface area contributed by atoms with E-state index in [4.69, 9.17) is 4.74 Å². The first-order valence-electron chi connectivity index (χ1n) is 7.26. The van der Waals surface area contributed by atoms with Gasteiger partial charge in [-0.3, -0.25) is 4.79 Å². The van der Waals surface area contributed by atoms with Crippen LogP contribution >= 0.6 is 11.3 Å². The molecule has 1 atom stereocenters. The van der Waals surface area contributed by atoms with Crippen molar-refractivity contribution in [2.75, 3.05) is 13.7 Å². The predicted octanol–water partition coefficient (Wildman–Crippen LogP) is 2.71. The van der Waals surface area contributed by atoms with E-state index in [0.29, 0.717) is 13.2 Å². The molecule has 116 valence electrons. The summed E-state index contributed by atoms with van der Waals surface area (Å²) in [6.07, 6.45) is 5.36. The van der Waals surface area contributed by atoms with Crippen LogP contribution in [0.3, 0.4) is 0 Å². The molecule has 0 bridgehead atoms. The summed E-state index contributed by atoms with van der Waals surface area (Å²) in [7, 11) is 1.68. The number of carbonyl (C=O) groups is 1. The second-order valence-corrected chi connectivity index (χ2v) is 6.23. The van der Waals surface area contributed by atoms with Gasteiger partial charge in [0.05, 0.1) is 24.5 Å². The van der Waals surface area contributed by atoms with E-state index in [2.05, 4.69) is 9.55 Å². The van der Waals surface area contributed by atoms with Crippen molar-refractivity contribution in [3.8, 4) is 0 Å². The average Bonchev–Trinajstić information content (AvgIpc) is 3.16. The van der Waals surface area contributed by atoms with Gasteiger partial charge in [0.25, 0.3) is 0 Å². The minimum absolute atomic E-state index is 0.0279. The van der Waals surface area contributed by atoms with Crippen LogP contribution in [0.1, 0.15) is 29.4 Å². The van der Waals surface area contributed by atoms with Gasteiger partial charge in [0, 0.05) is 31.2 Å². The molecule has 0 aliphatic carbocycles. The van der Waals surface area contributed by atoms with E-state index >= 15 is 0 Å². The zero-order chi connectivity index (χ0) is 15.5. The van der Waals surface area contributed by atoms with E-state index in [-0.39, 0.29) is 11.9 Å². The number of amides is 1. The number of thiophene rings is 1. The molecule has 2 aromatic heterocycles. The van der Waals surface area contributed by atoms with E-state index in [1.54, 1.807) is 24.5 Å². The van der Waals surface area contributed by atoms with Gasteiger partial charge >= 0.3 is 0 Å². The molecule has 2 aromatic rings. The fraction of sp³-hybridized carbons (Fsp3) is 0.375. The molecule has 3 heterocycles. The van der Waals surface area contributed by atoms with Crippen LogP contribution in [0.15, 0.2) is 29.8 Å². The Hall–Kier alpha value is -1.92. The van der Waals surface area contributed by atoms with Crippen LogP contribution in [0, 0.1) is 0 Å². The Morgan fingerprint density at radius 1 is 1.55 bits per heavy atom. The van der Waals surface area contributed by atoms with E-state index in [9.17, 15) is 4.79 Å². The summed E-state index contributed by atoms with van der Waals surface area (Å²) in [6, 6.07) is 3.95. The highest BCUT2D eigenvalue weighted by molar-refractivity contribution is 7.10. The van der Waals surface area contributed by atoms with Crippen LogP contribution in [-0.4, -0.2) is 34.0 Å². The Balaban J connectivity index is 1.75. The molecule has 0 spiro atoms. The van der Waals surface area contributed by atoms with Crippen molar-refractivity contribution in [3.05, 3.63) is 46.2 Å². The Morgan fingerprint density at radius 3 is 3.14 bits per heavy atom. The summed E-state index contributed by atoms with van der Waals surface area (Å²) >= 11 is 1.62. The van der Waals surface area contributed by atoms with Gasteiger partial charge in [-0.2, -0.15) is 0 Å². The lowest BCUT2D eigenvalue weighted by Crippen LogP contribution is -2.40. The first kappa shape index (κ1) is 15.0. The van der Waals surface area contributed by atoms with Crippen LogP contribution in [0.25, 0.3) is 6.08 Å². The lowest BCUT2D eigenvalue weighted by molar-refractivity contribution is -0.129. The standard InChI is InChI=1S/C16H19N3O2S/c1-12-16-17-10-13(11-21-2)19(16)8-7-18(12)15(20)6-5-14-4-3-9-22-14/h3-6,9-10,12H,7-8,11H2,1-2H3/b6-5+/t12-/m1/s1. The molecule has 5 nitrogen and oxygen atoms in total. The molecule has 0 fully saturated rings. The maximum Gasteiger partial charge on any atom is 0.247 e. The molecule has 0 saturated carbocycles. The second kappa shape index (κ2) is 6.46. The number of methoxy groups -OCH3 is 1. The zero-order valence-electron chi connectivity index (χ0n) is 12.7. The molecule has 1 amide bonds. The molecule has 0 aromatic carbocycles. The van der Waals surface area contributed by atoms with Gasteiger partial charge in [-0.25, -0.2) is 4.98 Å². The third kappa shape index (κ3) is 2.84. The fourth-order valence-corrected chi connectivity index (χ4v) is 3.38. The van der Waals surface area contributed by atoms with E-state index in [1.165, 1.54) is 0 Å². The monoisotopic (exact) mass is 317 g/mol. The maximum atomic E-state index is 12.4. The number of aromatic nitrogens is 2. The van der Waals surface area contributed by atoms with Gasteiger partial charge in [0.2, 0.25) is 5.91 Å². The minimum Gasteiger partial charge on any atom is -0.378 e. The molecular weight excluding hydrogens is 298 g/mol. The highest BCUT2D eigenvalue weighted by Gasteiger charge is 2.29. The molecular formula is C16H19N3O2S. The van der Waals surface area contributed by atoms with Gasteiger partial charge in [-0.05, 0) is 24.4 Å². The number of hydrogen-bond donors (Lipinski definition) is 0. The van der Waals surface area contributed by atoms with Gasteiger partial charge in [-0.1, -0.05) is 6.07 Å². The van der Waals surface area contributed by atoms with Crippen molar-refractivity contribution in [1.29, 1.82) is 0 Å². The first-order chi connectivity index (χ1) is 10.7. The molecule has 6 heteroatoms. The molecule has 0 saturated heterocycles. The second-order valence-electron chi connectivity index (χ2n) is 5.25. The van der Waals surface area contributed by atoms with Crippen LogP contribution < -0.4 is 0 Å². The predicted molar refractivity (Wildman–Crippen MR) is 86.4 cm³/mol. The molecule has 0 N–H and O–H groups in total. The Bertz CT molecular complexity index is 676. The summed E-state index contributed by atoms with van der Waals surface area (Å²) in [5, 5.41) is 2.00. The van der Waals surface area contributed by atoms with Crippen LogP contribution in [0.4, 0.5) is 0 Å². The van der Waals surface area contributed by atoms with Gasteiger partial charge in [0.1, 0.15) is 5.82 Å². The van der Waals surface area contributed by atoms with Crippen molar-refractivity contribution in [1.82, 2.24) is 14.5 Å². The van der Waals surface area contributed by atoms with Crippen LogP contribution in [0.5, 0.6) is 0 Å². The van der Waals surface area contributed by atoms with Crippen LogP contribution in [-0.2, 0) is 22.7 Å². The average molecular weight is 317 g/mol. The fourth-order valence-electron chi connectivity index (χ4n) is 2.76. The number of rotatable bonds is 4. The first-order valence-corrected chi connectivity index (χ1v) is 8.14. The van der Waals surface area contributed by atoms with E-state index < -0.39 is 0 Å². The summed E-state index contributed by atoms with van der Waals surface area (Å²) in [4.78, 5) is 19.8. The Labute approximate surface area is 133 Å². The highest BCUT2D eigenvalue weighted by Crippen LogP contribution is 2.26. The number of ether oxygens (including phenoxy) is 1. The number of hydrogen-bond acceptors (Lipinski definition) is 4. The number of fused-ring (bicyclic) bond motifs is 1. The van der Waals surface area contributed by atoms with Gasteiger partial charge in [0.15, 0.2) is 0 Å². The minimum atomic E-state index is -0.0279. The lowest BCUT2D eigenvalue weighted by atomic mass is 10.2. The number of imidazole rings is 1. The third-order valence-electron chi connectivity index (χ3n) is 3.88. The maximum absolute atomic E-state index is 12.4. The van der Waals surface area contributed by atoms with Gasteiger partial charge in [-0.15, -0.1) is 11.3 Å². The van der Waals surface area contributed by atoms with Crippen molar-refractivity contribution in [2.24, 2.45) is 0 Å². The summed E-state index contributed by atoms with van der Waals surface area (Å²) in [5.41, 5.74) is 1.06. The van der Waals surface area contributed by atoms with Crippen molar-refractivity contribution in [3.63, 3.8) is 0 Å². The van der Waals surface area contributed by atoms with Gasteiger partial charge < -0.3 is 14.2 Å². The molecule has 1 aliphatic rings. The number of carbonyl (C=O) groups excluding carboxylic acids is 1. The summed E-state index contributed by atoms with van der Waals surface area (Å²) in [5.74, 6) is 0.958. The zero-order valence-corrected chi connectivity index (χ0v) is 13.5. The topological polar surface area (TPSA) is 47.4 Å². The number of nitrogens with zero attached hydrogens (tertiary/aromatic N) is 3. The highest BCUT2D eigenvalue weighted by atomic mass is 32.1. The molecule has 22 heavy (non-hydrogen) atoms. The Kier molecular flexibility index (Phi) is 4.40. The smallest absolute Gasteiger partial charge is 0.247 e. The van der Waals surface area contributed by atoms with Crippen molar-refractivity contribution in [2.45, 2.75) is 26.1 Å². The Morgan fingerprint density at radius 2 is 2.41 bits per heavy atom. The lowest BCUT2D eigenvalue weighted by Gasteiger charge is -2.33. The largest absolute Gasteiger partial charge is 0.378 e. The van der Waals surface area contributed by atoms with Crippen molar-refractivity contribution >= 4 is 23.3 Å². The molecule has 1 aliphatic heterocycles. The SMILES string of the molecule is COCc1cnc2n1CCN(C(=O)/C=C/c1cccs1)[C@@H]2C. The van der Waals surface area contributed by atoms with Crippen LogP contribution in [0.2, 0.25) is 0 Å². The normalized spacial score (nSPS) is 17.9. The molecule has 3 rings (SSSR count). The van der Waals surface area contributed by atoms with Crippen molar-refractivity contribution < 1.29 is 9.53 Å². The molecule has 0 radical (unpaired) electrons.